The molecule has 0 aliphatic rings. The van der Waals surface area contributed by atoms with Gasteiger partial charge in [-0.2, -0.15) is 0 Å². The number of rotatable bonds is 5. The van der Waals surface area contributed by atoms with Crippen LogP contribution in [0, 0.1) is 0 Å². The summed E-state index contributed by atoms with van der Waals surface area (Å²) in [6.45, 7) is 0.105. The van der Waals surface area contributed by atoms with Gasteiger partial charge in [-0.05, 0) is 23.8 Å². The quantitative estimate of drug-likeness (QED) is 0.766. The minimum Gasteiger partial charge on any atom is -0.478 e. The number of hydrogen-bond donors (Lipinski definition) is 3. The molecule has 2 rings (SSSR count). The molecule has 1 heterocycles. The van der Waals surface area contributed by atoms with Crippen LogP contribution in [-0.2, 0) is 16.6 Å². The average molecular weight is 280 g/mol. The lowest BCUT2D eigenvalue weighted by Gasteiger charge is -2.05. The molecule has 0 spiro atoms. The summed E-state index contributed by atoms with van der Waals surface area (Å²) in [5, 5.41) is 8.74. The van der Waals surface area contributed by atoms with E-state index in [0.29, 0.717) is 5.56 Å². The summed E-state index contributed by atoms with van der Waals surface area (Å²) >= 11 is 0. The van der Waals surface area contributed by atoms with Gasteiger partial charge in [-0.15, -0.1) is 0 Å². The monoisotopic (exact) mass is 280 g/mol. The number of carboxylic acid groups (broad SMARTS) is 1. The molecule has 0 radical (unpaired) electrons. The average Bonchev–Trinajstić information content (AvgIpc) is 2.91. The Kier molecular flexibility index (Phi) is 3.68. The summed E-state index contributed by atoms with van der Waals surface area (Å²) in [6, 6.07) is 7.46. The van der Waals surface area contributed by atoms with Crippen molar-refractivity contribution in [1.82, 2.24) is 9.71 Å². The number of sulfonamides is 1. The van der Waals surface area contributed by atoms with E-state index >= 15 is 0 Å². The van der Waals surface area contributed by atoms with Gasteiger partial charge in [0.25, 0.3) is 0 Å². The van der Waals surface area contributed by atoms with Crippen LogP contribution in [0.25, 0.3) is 0 Å². The first-order chi connectivity index (χ1) is 8.99. The van der Waals surface area contributed by atoms with Gasteiger partial charge < -0.3 is 10.1 Å². The largest absolute Gasteiger partial charge is 0.478 e. The van der Waals surface area contributed by atoms with E-state index in [0.717, 1.165) is 0 Å². The van der Waals surface area contributed by atoms with Crippen LogP contribution in [0.3, 0.4) is 0 Å². The van der Waals surface area contributed by atoms with Crippen molar-refractivity contribution in [1.29, 1.82) is 0 Å². The first-order valence-corrected chi connectivity index (χ1v) is 6.92. The number of aromatic nitrogens is 1. The number of aromatic carboxylic acids is 1. The van der Waals surface area contributed by atoms with Gasteiger partial charge in [-0.25, -0.2) is 17.9 Å². The van der Waals surface area contributed by atoms with Crippen molar-refractivity contribution in [2.24, 2.45) is 0 Å². The minimum absolute atomic E-state index is 0.105. The Bertz CT molecular complexity index is 660. The highest BCUT2D eigenvalue weighted by molar-refractivity contribution is 7.89. The molecule has 2 aromatic rings. The second kappa shape index (κ2) is 5.25. The van der Waals surface area contributed by atoms with Crippen LogP contribution >= 0.6 is 0 Å². The Morgan fingerprint density at radius 1 is 1.21 bits per heavy atom. The fourth-order valence-corrected chi connectivity index (χ4v) is 2.50. The number of aromatic amines is 1. The van der Waals surface area contributed by atoms with Crippen molar-refractivity contribution < 1.29 is 18.3 Å². The predicted molar refractivity (Wildman–Crippen MR) is 68.2 cm³/mol. The fraction of sp³-hybridized carbons (Fsp3) is 0.0833. The smallest absolute Gasteiger partial charge is 0.335 e. The molecule has 1 aromatic heterocycles. The number of hydrogen-bond acceptors (Lipinski definition) is 3. The molecule has 19 heavy (non-hydrogen) atoms. The van der Waals surface area contributed by atoms with Crippen LogP contribution < -0.4 is 4.72 Å². The summed E-state index contributed by atoms with van der Waals surface area (Å²) in [4.78, 5) is 13.5. The van der Waals surface area contributed by atoms with E-state index in [1.54, 1.807) is 12.1 Å². The van der Waals surface area contributed by atoms with Crippen molar-refractivity contribution in [2.75, 3.05) is 0 Å². The Labute approximate surface area is 110 Å². The van der Waals surface area contributed by atoms with Crippen molar-refractivity contribution in [3.8, 4) is 0 Å². The first-order valence-electron chi connectivity index (χ1n) is 5.44. The summed E-state index contributed by atoms with van der Waals surface area (Å²) in [5.74, 6) is -1.01. The lowest BCUT2D eigenvalue weighted by molar-refractivity contribution is 0.0697. The summed E-state index contributed by atoms with van der Waals surface area (Å²) in [6.07, 6.45) is 2.91. The highest BCUT2D eigenvalue weighted by atomic mass is 32.2. The Hall–Kier alpha value is -2.12. The molecule has 0 saturated carbocycles. The highest BCUT2D eigenvalue weighted by Gasteiger charge is 2.13. The zero-order valence-corrected chi connectivity index (χ0v) is 10.6. The van der Waals surface area contributed by atoms with E-state index in [1.165, 1.54) is 30.6 Å². The molecule has 0 amide bonds. The molecule has 1 aromatic carbocycles. The fourth-order valence-electron chi connectivity index (χ4n) is 1.50. The molecule has 6 nitrogen and oxygen atoms in total. The number of carboxylic acids is 1. The molecular weight excluding hydrogens is 268 g/mol. The van der Waals surface area contributed by atoms with Gasteiger partial charge >= 0.3 is 5.97 Å². The predicted octanol–water partition coefficient (Wildman–Crippen LogP) is 1.19. The first kappa shape index (κ1) is 13.3. The van der Waals surface area contributed by atoms with Crippen molar-refractivity contribution in [3.63, 3.8) is 0 Å². The number of nitrogens with one attached hydrogen (secondary N) is 2. The molecule has 7 heteroatoms. The van der Waals surface area contributed by atoms with Crippen LogP contribution in [-0.4, -0.2) is 24.5 Å². The standard InChI is InChI=1S/C12H12N2O4S/c15-12(16)10-3-1-9(2-4-10)7-14-19(17,18)11-5-6-13-8-11/h1-6,8,13-14H,7H2,(H,15,16). The van der Waals surface area contributed by atoms with Crippen LogP contribution in [0.4, 0.5) is 0 Å². The maximum Gasteiger partial charge on any atom is 0.335 e. The molecule has 0 aliphatic carbocycles. The van der Waals surface area contributed by atoms with E-state index in [-0.39, 0.29) is 17.0 Å². The van der Waals surface area contributed by atoms with Gasteiger partial charge in [-0.1, -0.05) is 12.1 Å². The Morgan fingerprint density at radius 2 is 1.89 bits per heavy atom. The van der Waals surface area contributed by atoms with Gasteiger partial charge in [0, 0.05) is 18.9 Å². The summed E-state index contributed by atoms with van der Waals surface area (Å²) in [5.41, 5.74) is 0.848. The molecule has 3 N–H and O–H groups in total. The van der Waals surface area contributed by atoms with Gasteiger partial charge in [-0.3, -0.25) is 0 Å². The second-order valence-corrected chi connectivity index (χ2v) is 5.64. The maximum atomic E-state index is 11.8. The minimum atomic E-state index is -3.54. The van der Waals surface area contributed by atoms with Gasteiger partial charge in [0.15, 0.2) is 0 Å². The molecule has 0 saturated heterocycles. The molecular formula is C12H12N2O4S. The molecule has 0 fully saturated rings. The maximum absolute atomic E-state index is 11.8. The van der Waals surface area contributed by atoms with Gasteiger partial charge in [0.1, 0.15) is 0 Å². The number of H-pyrrole nitrogens is 1. The lowest BCUT2D eigenvalue weighted by Crippen LogP contribution is -2.22. The molecule has 100 valence electrons. The zero-order chi connectivity index (χ0) is 13.9. The number of benzene rings is 1. The van der Waals surface area contributed by atoms with Gasteiger partial charge in [0.2, 0.25) is 10.0 Å². The van der Waals surface area contributed by atoms with Crippen LogP contribution in [0.5, 0.6) is 0 Å². The van der Waals surface area contributed by atoms with E-state index in [1.807, 2.05) is 0 Å². The second-order valence-electron chi connectivity index (χ2n) is 3.87. The van der Waals surface area contributed by atoms with E-state index in [9.17, 15) is 13.2 Å². The lowest BCUT2D eigenvalue weighted by atomic mass is 10.1. The van der Waals surface area contributed by atoms with E-state index < -0.39 is 16.0 Å². The van der Waals surface area contributed by atoms with Crippen molar-refractivity contribution in [3.05, 3.63) is 53.9 Å². The molecule has 0 atom stereocenters. The summed E-state index contributed by atoms with van der Waals surface area (Å²) in [7, 11) is -3.54. The molecule has 0 aliphatic heterocycles. The molecule has 0 bridgehead atoms. The van der Waals surface area contributed by atoms with E-state index in [4.69, 9.17) is 5.11 Å². The van der Waals surface area contributed by atoms with Crippen LogP contribution in [0.15, 0.2) is 47.6 Å². The highest BCUT2D eigenvalue weighted by Crippen LogP contribution is 2.09. The van der Waals surface area contributed by atoms with Crippen molar-refractivity contribution in [2.45, 2.75) is 11.4 Å². The summed E-state index contributed by atoms with van der Waals surface area (Å²) < 4.78 is 26.1. The Morgan fingerprint density at radius 3 is 2.42 bits per heavy atom. The zero-order valence-electron chi connectivity index (χ0n) is 9.83. The van der Waals surface area contributed by atoms with Crippen LogP contribution in [0.1, 0.15) is 15.9 Å². The third kappa shape index (κ3) is 3.21. The van der Waals surface area contributed by atoms with Gasteiger partial charge in [0.05, 0.1) is 10.5 Å². The third-order valence-corrected chi connectivity index (χ3v) is 3.95. The van der Waals surface area contributed by atoms with E-state index in [2.05, 4.69) is 9.71 Å². The molecule has 0 unspecified atom stereocenters. The van der Waals surface area contributed by atoms with Crippen molar-refractivity contribution >= 4 is 16.0 Å². The normalized spacial score (nSPS) is 11.4. The number of carbonyl (C=O) groups is 1. The Balaban J connectivity index is 2.05. The SMILES string of the molecule is O=C(O)c1ccc(CNS(=O)(=O)c2cc[nH]c2)cc1. The third-order valence-electron chi connectivity index (χ3n) is 2.55. The topological polar surface area (TPSA) is 99.3 Å². The van der Waals surface area contributed by atoms with Crippen LogP contribution in [0.2, 0.25) is 0 Å².